The fourth-order valence-electron chi connectivity index (χ4n) is 2.81. The second-order valence-corrected chi connectivity index (χ2v) is 5.73. The van der Waals surface area contributed by atoms with Crippen molar-refractivity contribution in [2.45, 2.75) is 51.7 Å². The van der Waals surface area contributed by atoms with Crippen LogP contribution in [0.3, 0.4) is 0 Å². The first-order valence-electron chi connectivity index (χ1n) is 7.92. The number of ether oxygens (including phenoxy) is 1. The Labute approximate surface area is 130 Å². The molecule has 0 saturated carbocycles. The Morgan fingerprint density at radius 1 is 1.27 bits per heavy atom. The normalized spacial score (nSPS) is 15.9. The molecule has 3 rings (SSSR count). The second-order valence-electron chi connectivity index (χ2n) is 5.73. The molecular formula is C16H23N5O. The molecule has 1 atom stereocenters. The van der Waals surface area contributed by atoms with Crippen molar-refractivity contribution in [3.63, 3.8) is 0 Å². The molecule has 6 heteroatoms. The molecule has 1 N–H and O–H groups in total. The summed E-state index contributed by atoms with van der Waals surface area (Å²) < 4.78 is 7.41. The molecule has 0 spiro atoms. The van der Waals surface area contributed by atoms with Crippen LogP contribution in [0.15, 0.2) is 18.3 Å². The molecule has 0 saturated heterocycles. The summed E-state index contributed by atoms with van der Waals surface area (Å²) in [6, 6.07) is 4.06. The van der Waals surface area contributed by atoms with Gasteiger partial charge in [-0.25, -0.2) is 0 Å². The molecule has 1 unspecified atom stereocenters. The van der Waals surface area contributed by atoms with Crippen molar-refractivity contribution in [2.75, 3.05) is 7.11 Å². The van der Waals surface area contributed by atoms with Gasteiger partial charge in [-0.2, -0.15) is 0 Å². The maximum Gasteiger partial charge on any atom is 0.149 e. The number of hydrogen-bond acceptors (Lipinski definition) is 5. The van der Waals surface area contributed by atoms with Crippen molar-refractivity contribution in [1.82, 2.24) is 25.1 Å². The lowest BCUT2D eigenvalue weighted by atomic mass is 10.2. The van der Waals surface area contributed by atoms with Crippen LogP contribution in [0.2, 0.25) is 0 Å². The van der Waals surface area contributed by atoms with E-state index in [2.05, 4.69) is 32.0 Å². The van der Waals surface area contributed by atoms with E-state index in [1.54, 1.807) is 13.3 Å². The SMILES string of the molecule is COc1ccc(CNC(C)c2nnc3n2CCCCC3)nc1. The minimum absolute atomic E-state index is 0.156. The first-order chi connectivity index (χ1) is 10.8. The van der Waals surface area contributed by atoms with E-state index < -0.39 is 0 Å². The summed E-state index contributed by atoms with van der Waals surface area (Å²) in [6.45, 7) is 3.86. The summed E-state index contributed by atoms with van der Waals surface area (Å²) in [5.74, 6) is 2.94. The van der Waals surface area contributed by atoms with Gasteiger partial charge in [-0.15, -0.1) is 10.2 Å². The Morgan fingerprint density at radius 3 is 2.95 bits per heavy atom. The minimum Gasteiger partial charge on any atom is -0.495 e. The highest BCUT2D eigenvalue weighted by atomic mass is 16.5. The third kappa shape index (κ3) is 3.27. The zero-order chi connectivity index (χ0) is 15.4. The average Bonchev–Trinajstić information content (AvgIpc) is 2.82. The van der Waals surface area contributed by atoms with Crippen molar-refractivity contribution in [3.8, 4) is 5.75 Å². The van der Waals surface area contributed by atoms with Crippen molar-refractivity contribution in [1.29, 1.82) is 0 Å². The van der Waals surface area contributed by atoms with Crippen molar-refractivity contribution >= 4 is 0 Å². The zero-order valence-corrected chi connectivity index (χ0v) is 13.2. The molecule has 1 aliphatic rings. The molecule has 0 amide bonds. The largest absolute Gasteiger partial charge is 0.495 e. The molecule has 2 aromatic heterocycles. The molecule has 22 heavy (non-hydrogen) atoms. The van der Waals surface area contributed by atoms with E-state index in [-0.39, 0.29) is 6.04 Å². The summed E-state index contributed by atoms with van der Waals surface area (Å²) in [6.07, 6.45) is 6.49. The number of hydrogen-bond donors (Lipinski definition) is 1. The summed E-state index contributed by atoms with van der Waals surface area (Å²) in [4.78, 5) is 4.37. The molecule has 0 bridgehead atoms. The molecule has 0 radical (unpaired) electrons. The van der Waals surface area contributed by atoms with Crippen molar-refractivity contribution in [3.05, 3.63) is 35.7 Å². The number of nitrogens with one attached hydrogen (secondary N) is 1. The topological polar surface area (TPSA) is 64.9 Å². The fourth-order valence-corrected chi connectivity index (χ4v) is 2.81. The molecular weight excluding hydrogens is 278 g/mol. The van der Waals surface area contributed by atoms with Gasteiger partial charge in [-0.3, -0.25) is 4.98 Å². The highest BCUT2D eigenvalue weighted by molar-refractivity contribution is 5.19. The molecule has 1 aliphatic heterocycles. The van der Waals surface area contributed by atoms with E-state index in [0.29, 0.717) is 6.54 Å². The van der Waals surface area contributed by atoms with Gasteiger partial charge in [0, 0.05) is 19.5 Å². The standard InChI is InChI=1S/C16H23N5O/c1-12(17-10-13-7-8-14(22-2)11-18-13)16-20-19-15-6-4-3-5-9-21(15)16/h7-8,11-12,17H,3-6,9-10H2,1-2H3. The van der Waals surface area contributed by atoms with Gasteiger partial charge in [0.2, 0.25) is 0 Å². The van der Waals surface area contributed by atoms with Gasteiger partial charge in [0.1, 0.15) is 17.4 Å². The van der Waals surface area contributed by atoms with Gasteiger partial charge in [0.25, 0.3) is 0 Å². The number of aryl methyl sites for hydroxylation is 1. The number of rotatable bonds is 5. The molecule has 6 nitrogen and oxygen atoms in total. The number of pyridine rings is 1. The molecule has 0 aromatic carbocycles. The van der Waals surface area contributed by atoms with Crippen LogP contribution < -0.4 is 10.1 Å². The lowest BCUT2D eigenvalue weighted by Gasteiger charge is -2.15. The highest BCUT2D eigenvalue weighted by Crippen LogP contribution is 2.19. The van der Waals surface area contributed by atoms with E-state index in [1.165, 1.54) is 19.3 Å². The molecule has 0 fully saturated rings. The summed E-state index contributed by atoms with van der Waals surface area (Å²) >= 11 is 0. The van der Waals surface area contributed by atoms with Gasteiger partial charge in [0.15, 0.2) is 0 Å². The minimum atomic E-state index is 0.156. The zero-order valence-electron chi connectivity index (χ0n) is 13.2. The Hall–Kier alpha value is -1.95. The van der Waals surface area contributed by atoms with E-state index in [4.69, 9.17) is 4.74 Å². The maximum atomic E-state index is 5.12. The number of fused-ring (bicyclic) bond motifs is 1. The lowest BCUT2D eigenvalue weighted by molar-refractivity contribution is 0.412. The Balaban J connectivity index is 1.64. The van der Waals surface area contributed by atoms with Crippen LogP contribution >= 0.6 is 0 Å². The van der Waals surface area contributed by atoms with Crippen LogP contribution in [-0.2, 0) is 19.5 Å². The third-order valence-corrected chi connectivity index (χ3v) is 4.15. The molecule has 3 heterocycles. The van der Waals surface area contributed by atoms with Crippen molar-refractivity contribution < 1.29 is 4.74 Å². The Morgan fingerprint density at radius 2 is 2.18 bits per heavy atom. The number of methoxy groups -OCH3 is 1. The quantitative estimate of drug-likeness (QED) is 0.917. The predicted octanol–water partition coefficient (Wildman–Crippen LogP) is 2.26. The van der Waals surface area contributed by atoms with Crippen LogP contribution in [0.4, 0.5) is 0 Å². The summed E-state index contributed by atoms with van der Waals surface area (Å²) in [5.41, 5.74) is 0.989. The van der Waals surface area contributed by atoms with Crippen LogP contribution in [0, 0.1) is 0 Å². The third-order valence-electron chi connectivity index (χ3n) is 4.15. The van der Waals surface area contributed by atoms with Gasteiger partial charge in [-0.1, -0.05) is 6.42 Å². The van der Waals surface area contributed by atoms with Crippen LogP contribution in [-0.4, -0.2) is 26.9 Å². The second kappa shape index (κ2) is 6.87. The molecule has 2 aromatic rings. The fraction of sp³-hybridized carbons (Fsp3) is 0.562. The summed E-state index contributed by atoms with van der Waals surface area (Å²) in [7, 11) is 1.65. The monoisotopic (exact) mass is 301 g/mol. The van der Waals surface area contributed by atoms with Gasteiger partial charge >= 0.3 is 0 Å². The maximum absolute atomic E-state index is 5.12. The first kappa shape index (κ1) is 15.0. The lowest BCUT2D eigenvalue weighted by Crippen LogP contribution is -2.22. The van der Waals surface area contributed by atoms with Gasteiger partial charge in [-0.05, 0) is 31.9 Å². The number of aromatic nitrogens is 4. The highest BCUT2D eigenvalue weighted by Gasteiger charge is 2.18. The van der Waals surface area contributed by atoms with Crippen molar-refractivity contribution in [2.24, 2.45) is 0 Å². The first-order valence-corrected chi connectivity index (χ1v) is 7.92. The van der Waals surface area contributed by atoms with Gasteiger partial charge in [0.05, 0.1) is 25.0 Å². The van der Waals surface area contributed by atoms with Crippen LogP contribution in [0.1, 0.15) is 49.6 Å². The van der Waals surface area contributed by atoms with E-state index in [1.807, 2.05) is 12.1 Å². The average molecular weight is 301 g/mol. The van der Waals surface area contributed by atoms with Crippen LogP contribution in [0.25, 0.3) is 0 Å². The van der Waals surface area contributed by atoms with E-state index in [9.17, 15) is 0 Å². The van der Waals surface area contributed by atoms with E-state index >= 15 is 0 Å². The molecule has 118 valence electrons. The Bertz CT molecular complexity index is 607. The molecule has 0 aliphatic carbocycles. The Kier molecular flexibility index (Phi) is 4.68. The van der Waals surface area contributed by atoms with Crippen LogP contribution in [0.5, 0.6) is 5.75 Å². The van der Waals surface area contributed by atoms with Gasteiger partial charge < -0.3 is 14.6 Å². The van der Waals surface area contributed by atoms with E-state index in [0.717, 1.165) is 36.1 Å². The predicted molar refractivity (Wildman–Crippen MR) is 83.6 cm³/mol. The number of nitrogens with zero attached hydrogens (tertiary/aromatic N) is 4. The smallest absolute Gasteiger partial charge is 0.149 e. The summed E-state index contributed by atoms with van der Waals surface area (Å²) in [5, 5.41) is 12.2.